The molecule has 0 spiro atoms. The van der Waals surface area contributed by atoms with Gasteiger partial charge in [-0.15, -0.1) is 0 Å². The Balaban J connectivity index is 0.000000453. The molecule has 3 aromatic heterocycles. The molecule has 0 radical (unpaired) electrons. The highest BCUT2D eigenvalue weighted by Crippen LogP contribution is 2.03. The number of hydrogen-bond donors (Lipinski definition) is 0. The molecule has 0 aliphatic rings. The summed E-state index contributed by atoms with van der Waals surface area (Å²) in [5.74, 6) is 0. The molecule has 0 saturated heterocycles. The standard InChI is InChI=1S/3C9H14N.H3O4P/c3*1-2-3-7-10-8-5-4-6-9-10;1-5(2,3)4/h3*4-6,8-9H,2-3,7H2,1H3;(H3,1,2,3,4)/q3*+1;/p-3. The quantitative estimate of drug-likeness (QED) is 0.331. The molecule has 3 heterocycles. The van der Waals surface area contributed by atoms with Crippen molar-refractivity contribution in [2.45, 2.75) is 78.9 Å². The Kier molecular flexibility index (Phi) is 20.5. The highest BCUT2D eigenvalue weighted by Gasteiger charge is 1.95. The van der Waals surface area contributed by atoms with E-state index in [0.29, 0.717) is 0 Å². The van der Waals surface area contributed by atoms with E-state index in [-0.39, 0.29) is 0 Å². The highest BCUT2D eigenvalue weighted by atomic mass is 31.2. The number of hydrogen-bond acceptors (Lipinski definition) is 4. The summed E-state index contributed by atoms with van der Waals surface area (Å²) in [5, 5.41) is 0. The second-order valence-electron chi connectivity index (χ2n) is 7.85. The summed E-state index contributed by atoms with van der Waals surface area (Å²) in [6.45, 7) is 10.1. The van der Waals surface area contributed by atoms with E-state index in [2.05, 4.69) is 108 Å². The lowest BCUT2D eigenvalue weighted by Gasteiger charge is -2.36. The van der Waals surface area contributed by atoms with E-state index in [1.807, 2.05) is 18.2 Å². The molecule has 0 fully saturated rings. The molecule has 0 aliphatic heterocycles. The largest absolute Gasteiger partial charge is 0.822 e. The third kappa shape index (κ3) is 24.5. The van der Waals surface area contributed by atoms with Gasteiger partial charge in [0.25, 0.3) is 0 Å². The van der Waals surface area contributed by atoms with Crippen LogP contribution in [0.2, 0.25) is 0 Å². The molecular weight excluding hydrogens is 461 g/mol. The SMILES string of the molecule is CCCC[n+]1ccccc1.CCCC[n+]1ccccc1.CCCC[n+]1ccccc1.O=P([O-])([O-])[O-]. The van der Waals surface area contributed by atoms with Crippen molar-refractivity contribution in [3.05, 3.63) is 91.8 Å². The van der Waals surface area contributed by atoms with Gasteiger partial charge in [0.15, 0.2) is 37.2 Å². The number of phosphoric acid groups is 1. The highest BCUT2D eigenvalue weighted by molar-refractivity contribution is 7.40. The molecular formula is C27H42N3O4P. The van der Waals surface area contributed by atoms with Crippen molar-refractivity contribution in [2.24, 2.45) is 0 Å². The van der Waals surface area contributed by atoms with E-state index in [4.69, 9.17) is 19.2 Å². The summed E-state index contributed by atoms with van der Waals surface area (Å²) in [5.41, 5.74) is 0. The van der Waals surface area contributed by atoms with Crippen LogP contribution in [0.5, 0.6) is 0 Å². The van der Waals surface area contributed by atoms with E-state index in [9.17, 15) is 0 Å². The Morgan fingerprint density at radius 1 is 0.486 bits per heavy atom. The van der Waals surface area contributed by atoms with E-state index < -0.39 is 7.82 Å². The van der Waals surface area contributed by atoms with Crippen LogP contribution in [-0.4, -0.2) is 0 Å². The van der Waals surface area contributed by atoms with Gasteiger partial charge in [-0.2, -0.15) is 7.82 Å². The number of pyridine rings is 3. The monoisotopic (exact) mass is 503 g/mol. The second-order valence-corrected chi connectivity index (χ2v) is 8.74. The Bertz CT molecular complexity index is 767. The Morgan fingerprint density at radius 3 is 0.857 bits per heavy atom. The maximum atomic E-state index is 8.55. The van der Waals surface area contributed by atoms with Gasteiger partial charge in [0, 0.05) is 55.7 Å². The molecule has 0 N–H and O–H groups in total. The topological polar surface area (TPSA) is 97.9 Å². The zero-order valence-corrected chi connectivity index (χ0v) is 22.3. The van der Waals surface area contributed by atoms with Crippen LogP contribution < -0.4 is 28.4 Å². The van der Waals surface area contributed by atoms with Crippen molar-refractivity contribution >= 4 is 7.82 Å². The minimum absolute atomic E-state index is 1.15. The van der Waals surface area contributed by atoms with Crippen molar-refractivity contribution < 1.29 is 32.9 Å². The van der Waals surface area contributed by atoms with Gasteiger partial charge in [0.2, 0.25) is 0 Å². The molecule has 7 nitrogen and oxygen atoms in total. The molecule has 0 aromatic carbocycles. The summed E-state index contributed by atoms with van der Waals surface area (Å²) in [7, 11) is -5.39. The Morgan fingerprint density at radius 2 is 0.686 bits per heavy atom. The van der Waals surface area contributed by atoms with Crippen molar-refractivity contribution in [3.8, 4) is 0 Å². The predicted molar refractivity (Wildman–Crippen MR) is 132 cm³/mol. The summed E-state index contributed by atoms with van der Waals surface area (Å²) < 4.78 is 15.2. The molecule has 8 heteroatoms. The van der Waals surface area contributed by atoms with Gasteiger partial charge in [-0.3, -0.25) is 0 Å². The van der Waals surface area contributed by atoms with Crippen LogP contribution in [0.3, 0.4) is 0 Å². The molecule has 35 heavy (non-hydrogen) atoms. The van der Waals surface area contributed by atoms with Gasteiger partial charge in [-0.25, -0.2) is 13.7 Å². The first-order valence-electron chi connectivity index (χ1n) is 12.3. The number of unbranched alkanes of at least 4 members (excludes halogenated alkanes) is 3. The number of rotatable bonds is 9. The smallest absolute Gasteiger partial charge is 0.168 e. The summed E-state index contributed by atoms with van der Waals surface area (Å²) >= 11 is 0. The van der Waals surface area contributed by atoms with Crippen molar-refractivity contribution in [1.82, 2.24) is 0 Å². The Labute approximate surface area is 211 Å². The fourth-order valence-electron chi connectivity index (χ4n) is 2.77. The predicted octanol–water partition coefficient (Wildman–Crippen LogP) is 2.50. The van der Waals surface area contributed by atoms with Crippen molar-refractivity contribution in [1.29, 1.82) is 0 Å². The lowest BCUT2D eigenvalue weighted by Crippen LogP contribution is -2.31. The molecule has 3 aromatic rings. The zero-order chi connectivity index (χ0) is 26.2. The fourth-order valence-corrected chi connectivity index (χ4v) is 2.77. The lowest BCUT2D eigenvalue weighted by molar-refractivity contribution is -0.697. The van der Waals surface area contributed by atoms with Crippen molar-refractivity contribution in [2.75, 3.05) is 0 Å². The summed E-state index contributed by atoms with van der Waals surface area (Å²) in [6, 6.07) is 18.5. The molecule has 3 rings (SSSR count). The van der Waals surface area contributed by atoms with Gasteiger partial charge < -0.3 is 19.2 Å². The molecule has 0 atom stereocenters. The third-order valence-corrected chi connectivity index (χ3v) is 4.64. The minimum Gasteiger partial charge on any atom is -0.822 e. The molecule has 194 valence electrons. The van der Waals surface area contributed by atoms with Gasteiger partial charge in [0.1, 0.15) is 19.6 Å². The van der Waals surface area contributed by atoms with E-state index >= 15 is 0 Å². The van der Waals surface area contributed by atoms with Crippen LogP contribution in [0.1, 0.15) is 59.3 Å². The molecule has 0 unspecified atom stereocenters. The first-order chi connectivity index (χ1) is 16.8. The average Bonchev–Trinajstić information content (AvgIpc) is 2.87. The lowest BCUT2D eigenvalue weighted by atomic mass is 10.3. The van der Waals surface area contributed by atoms with E-state index in [0.717, 1.165) is 19.6 Å². The maximum Gasteiger partial charge on any atom is 0.168 e. The molecule has 0 amide bonds. The summed E-state index contributed by atoms with van der Waals surface area (Å²) in [6.07, 6.45) is 20.3. The summed E-state index contributed by atoms with van der Waals surface area (Å²) in [4.78, 5) is 25.6. The first-order valence-corrected chi connectivity index (χ1v) is 13.8. The maximum absolute atomic E-state index is 8.55. The molecule has 0 aliphatic carbocycles. The van der Waals surface area contributed by atoms with Crippen LogP contribution >= 0.6 is 7.82 Å². The van der Waals surface area contributed by atoms with Crippen LogP contribution in [0, 0.1) is 0 Å². The van der Waals surface area contributed by atoms with E-state index in [1.165, 1.54) is 38.5 Å². The van der Waals surface area contributed by atoms with Crippen LogP contribution in [0.4, 0.5) is 0 Å². The van der Waals surface area contributed by atoms with Crippen LogP contribution in [0.15, 0.2) is 91.8 Å². The number of nitrogens with zero attached hydrogens (tertiary/aromatic N) is 3. The molecule has 0 saturated carbocycles. The minimum atomic E-state index is -5.39. The van der Waals surface area contributed by atoms with E-state index in [1.54, 1.807) is 0 Å². The van der Waals surface area contributed by atoms with Gasteiger partial charge in [0.05, 0.1) is 0 Å². The zero-order valence-electron chi connectivity index (χ0n) is 21.4. The fraction of sp³-hybridized carbons (Fsp3) is 0.444. The third-order valence-electron chi connectivity index (χ3n) is 4.64. The van der Waals surface area contributed by atoms with Gasteiger partial charge in [-0.05, 0) is 0 Å². The second kappa shape index (κ2) is 22.1. The number of aryl methyl sites for hydroxylation is 3. The van der Waals surface area contributed by atoms with Crippen LogP contribution in [0.25, 0.3) is 0 Å². The average molecular weight is 504 g/mol. The normalized spacial score (nSPS) is 10.0. The number of aromatic nitrogens is 3. The van der Waals surface area contributed by atoms with Crippen LogP contribution in [-0.2, 0) is 24.2 Å². The first kappa shape index (κ1) is 32.6. The molecule has 0 bridgehead atoms. The van der Waals surface area contributed by atoms with Gasteiger partial charge >= 0.3 is 0 Å². The van der Waals surface area contributed by atoms with Crippen molar-refractivity contribution in [3.63, 3.8) is 0 Å². The van der Waals surface area contributed by atoms with Gasteiger partial charge in [-0.1, -0.05) is 58.2 Å². The Hall–Kier alpha value is -2.44.